The van der Waals surface area contributed by atoms with Crippen molar-refractivity contribution < 1.29 is 18.3 Å². The van der Waals surface area contributed by atoms with E-state index in [1.54, 1.807) is 48.7 Å². The Morgan fingerprint density at radius 3 is 2.64 bits per heavy atom. The van der Waals surface area contributed by atoms with E-state index in [-0.39, 0.29) is 10.6 Å². The number of benzene rings is 1. The van der Waals surface area contributed by atoms with Gasteiger partial charge in [0, 0.05) is 6.04 Å². The topological polar surface area (TPSA) is 74.7 Å². The van der Waals surface area contributed by atoms with Gasteiger partial charge in [-0.1, -0.05) is 24.3 Å². The molecule has 0 saturated carbocycles. The molecule has 22 heavy (non-hydrogen) atoms. The number of nitrogens with zero attached hydrogens (tertiary/aromatic N) is 1. The van der Waals surface area contributed by atoms with Gasteiger partial charge in [0.2, 0.25) is 0 Å². The van der Waals surface area contributed by atoms with Crippen LogP contribution in [0.5, 0.6) is 0 Å². The highest BCUT2D eigenvalue weighted by Gasteiger charge is 2.40. The number of thiophene rings is 1. The van der Waals surface area contributed by atoms with Gasteiger partial charge < -0.3 is 5.11 Å². The van der Waals surface area contributed by atoms with Crippen molar-refractivity contribution in [1.82, 2.24) is 0 Å². The van der Waals surface area contributed by atoms with Crippen molar-refractivity contribution in [2.24, 2.45) is 0 Å². The van der Waals surface area contributed by atoms with Gasteiger partial charge in [-0.05, 0) is 36.4 Å². The predicted molar refractivity (Wildman–Crippen MR) is 84.9 cm³/mol. The maximum absolute atomic E-state index is 12.9. The first-order chi connectivity index (χ1) is 10.4. The smallest absolute Gasteiger partial charge is 0.311 e. The largest absolute Gasteiger partial charge is 0.481 e. The molecule has 2 atom stereocenters. The van der Waals surface area contributed by atoms with Gasteiger partial charge in [0.25, 0.3) is 10.0 Å². The Morgan fingerprint density at radius 2 is 2.00 bits per heavy atom. The highest BCUT2D eigenvalue weighted by Crippen LogP contribution is 2.41. The van der Waals surface area contributed by atoms with Crippen LogP contribution in [0.15, 0.2) is 46.0 Å². The number of aliphatic carboxylic acids is 1. The summed E-state index contributed by atoms with van der Waals surface area (Å²) in [4.78, 5) is 11.5. The number of anilines is 1. The van der Waals surface area contributed by atoms with Crippen LogP contribution in [0.2, 0.25) is 0 Å². The molecule has 0 aliphatic carbocycles. The predicted octanol–water partition coefficient (Wildman–Crippen LogP) is 2.90. The second-order valence-electron chi connectivity index (χ2n) is 5.27. The summed E-state index contributed by atoms with van der Waals surface area (Å²) in [6.45, 7) is 1.75. The molecule has 0 radical (unpaired) electrons. The molecule has 1 aromatic carbocycles. The third-order valence-electron chi connectivity index (χ3n) is 3.83. The van der Waals surface area contributed by atoms with Gasteiger partial charge in [0.05, 0.1) is 11.6 Å². The molecule has 0 bridgehead atoms. The molecule has 2 unspecified atom stereocenters. The Bertz CT molecular complexity index is 799. The number of hydrogen-bond donors (Lipinski definition) is 1. The van der Waals surface area contributed by atoms with Gasteiger partial charge in [-0.25, -0.2) is 8.42 Å². The van der Waals surface area contributed by atoms with Gasteiger partial charge in [-0.3, -0.25) is 9.10 Å². The van der Waals surface area contributed by atoms with Gasteiger partial charge in [0.15, 0.2) is 0 Å². The zero-order valence-electron chi connectivity index (χ0n) is 11.8. The number of carboxylic acids is 1. The Kier molecular flexibility index (Phi) is 3.70. The molecule has 2 heterocycles. The standard InChI is InChI=1S/C15H15NO4S2/c1-10-9-12(15(17)18)11-5-2-3-6-13(11)16(10)22(19,20)14-7-4-8-21-14/h2-8,10,12H,9H2,1H3,(H,17,18). The van der Waals surface area contributed by atoms with Crippen LogP contribution in [0.4, 0.5) is 5.69 Å². The highest BCUT2D eigenvalue weighted by molar-refractivity contribution is 7.94. The van der Waals surface area contributed by atoms with E-state index < -0.39 is 28.0 Å². The summed E-state index contributed by atoms with van der Waals surface area (Å²) in [5, 5.41) is 11.1. The van der Waals surface area contributed by atoms with Crippen molar-refractivity contribution >= 4 is 33.0 Å². The van der Waals surface area contributed by atoms with E-state index >= 15 is 0 Å². The number of rotatable bonds is 3. The average molecular weight is 337 g/mol. The number of carbonyl (C=O) groups is 1. The second-order valence-corrected chi connectivity index (χ2v) is 8.26. The van der Waals surface area contributed by atoms with Crippen LogP contribution >= 0.6 is 11.3 Å². The average Bonchev–Trinajstić information content (AvgIpc) is 3.00. The number of sulfonamides is 1. The quantitative estimate of drug-likeness (QED) is 0.934. The van der Waals surface area contributed by atoms with Crippen LogP contribution in [0.1, 0.15) is 24.8 Å². The van der Waals surface area contributed by atoms with Gasteiger partial charge in [0.1, 0.15) is 4.21 Å². The molecule has 0 amide bonds. The Balaban J connectivity index is 2.17. The molecular formula is C15H15NO4S2. The van der Waals surface area contributed by atoms with E-state index in [4.69, 9.17) is 0 Å². The lowest BCUT2D eigenvalue weighted by atomic mass is 9.87. The van der Waals surface area contributed by atoms with Crippen LogP contribution < -0.4 is 4.31 Å². The molecule has 3 rings (SSSR count). The van der Waals surface area contributed by atoms with Crippen LogP contribution in [0.3, 0.4) is 0 Å². The SMILES string of the molecule is CC1CC(C(=O)O)c2ccccc2N1S(=O)(=O)c1cccs1. The summed E-state index contributed by atoms with van der Waals surface area (Å²) in [7, 11) is -3.67. The number of para-hydroxylation sites is 1. The molecule has 2 aromatic rings. The number of hydrogen-bond acceptors (Lipinski definition) is 4. The monoisotopic (exact) mass is 337 g/mol. The van der Waals surface area contributed by atoms with Gasteiger partial charge >= 0.3 is 5.97 Å². The van der Waals surface area contributed by atoms with Crippen molar-refractivity contribution in [3.8, 4) is 0 Å². The van der Waals surface area contributed by atoms with E-state index in [1.165, 1.54) is 4.31 Å². The Morgan fingerprint density at radius 1 is 1.27 bits per heavy atom. The van der Waals surface area contributed by atoms with Gasteiger partial charge in [-0.2, -0.15) is 0 Å². The lowest BCUT2D eigenvalue weighted by molar-refractivity contribution is -0.139. The van der Waals surface area contributed by atoms with Crippen LogP contribution in [-0.4, -0.2) is 25.5 Å². The molecule has 1 aromatic heterocycles. The normalized spacial score (nSPS) is 21.4. The zero-order chi connectivity index (χ0) is 15.9. The minimum absolute atomic E-state index is 0.261. The molecule has 1 N–H and O–H groups in total. The van der Waals surface area contributed by atoms with Crippen LogP contribution in [0.25, 0.3) is 0 Å². The molecule has 1 aliphatic rings. The summed E-state index contributed by atoms with van der Waals surface area (Å²) < 4.78 is 27.4. The first kappa shape index (κ1) is 15.1. The highest BCUT2D eigenvalue weighted by atomic mass is 32.2. The molecular weight excluding hydrogens is 322 g/mol. The third kappa shape index (κ3) is 2.30. The minimum atomic E-state index is -3.67. The van der Waals surface area contributed by atoms with Gasteiger partial charge in [-0.15, -0.1) is 11.3 Å². The second kappa shape index (κ2) is 5.40. The van der Waals surface area contributed by atoms with Crippen LogP contribution in [-0.2, 0) is 14.8 Å². The first-order valence-electron chi connectivity index (χ1n) is 6.82. The van der Waals surface area contributed by atoms with E-state index in [0.717, 1.165) is 11.3 Å². The summed E-state index contributed by atoms with van der Waals surface area (Å²) in [5.41, 5.74) is 1.01. The van der Waals surface area contributed by atoms with Crippen molar-refractivity contribution in [3.63, 3.8) is 0 Å². The number of carboxylic acid groups (broad SMARTS) is 1. The maximum Gasteiger partial charge on any atom is 0.311 e. The summed E-state index contributed by atoms with van der Waals surface area (Å²) in [6, 6.07) is 9.68. The van der Waals surface area contributed by atoms with E-state index in [2.05, 4.69) is 0 Å². The van der Waals surface area contributed by atoms with Crippen molar-refractivity contribution in [3.05, 3.63) is 47.3 Å². The van der Waals surface area contributed by atoms with E-state index in [9.17, 15) is 18.3 Å². The Hall–Kier alpha value is -1.86. The molecule has 7 heteroatoms. The maximum atomic E-state index is 12.9. The fraction of sp³-hybridized carbons (Fsp3) is 0.267. The molecule has 0 fully saturated rings. The molecule has 0 saturated heterocycles. The fourth-order valence-electron chi connectivity index (χ4n) is 2.89. The Labute approximate surface area is 132 Å². The minimum Gasteiger partial charge on any atom is -0.481 e. The van der Waals surface area contributed by atoms with Crippen molar-refractivity contribution in [2.45, 2.75) is 29.5 Å². The summed E-state index contributed by atoms with van der Waals surface area (Å²) in [5.74, 6) is -1.60. The van der Waals surface area contributed by atoms with Crippen LogP contribution in [0, 0.1) is 0 Å². The lowest BCUT2D eigenvalue weighted by Crippen LogP contribution is -2.44. The molecule has 0 spiro atoms. The third-order valence-corrected chi connectivity index (χ3v) is 7.13. The zero-order valence-corrected chi connectivity index (χ0v) is 13.5. The fourth-order valence-corrected chi connectivity index (χ4v) is 5.66. The summed E-state index contributed by atoms with van der Waals surface area (Å²) in [6.07, 6.45) is 0.261. The first-order valence-corrected chi connectivity index (χ1v) is 9.14. The van der Waals surface area contributed by atoms with E-state index in [0.29, 0.717) is 11.3 Å². The number of fused-ring (bicyclic) bond motifs is 1. The van der Waals surface area contributed by atoms with Crippen molar-refractivity contribution in [1.29, 1.82) is 0 Å². The summed E-state index contributed by atoms with van der Waals surface area (Å²) >= 11 is 1.16. The van der Waals surface area contributed by atoms with Crippen molar-refractivity contribution in [2.75, 3.05) is 4.31 Å². The molecule has 5 nitrogen and oxygen atoms in total. The molecule has 116 valence electrons. The molecule has 1 aliphatic heterocycles. The lowest BCUT2D eigenvalue weighted by Gasteiger charge is -2.38. The van der Waals surface area contributed by atoms with E-state index in [1.807, 2.05) is 0 Å².